The molecule has 0 aliphatic carbocycles. The summed E-state index contributed by atoms with van der Waals surface area (Å²) in [6.07, 6.45) is 1.70. The highest BCUT2D eigenvalue weighted by Crippen LogP contribution is 2.27. The van der Waals surface area contributed by atoms with Crippen LogP contribution in [0.2, 0.25) is 0 Å². The summed E-state index contributed by atoms with van der Waals surface area (Å²) in [5.74, 6) is 1.36. The molecule has 4 heteroatoms. The van der Waals surface area contributed by atoms with Crippen LogP contribution in [0.25, 0.3) is 22.4 Å². The van der Waals surface area contributed by atoms with Crippen molar-refractivity contribution in [1.82, 2.24) is 15.0 Å². The largest absolute Gasteiger partial charge is 0.480 e. The monoisotopic (exact) mass is 239 g/mol. The van der Waals surface area contributed by atoms with Crippen LogP contribution in [0.1, 0.15) is 5.56 Å². The van der Waals surface area contributed by atoms with Gasteiger partial charge in [-0.2, -0.15) is 0 Å². The Morgan fingerprint density at radius 2 is 2.06 bits per heavy atom. The van der Waals surface area contributed by atoms with Gasteiger partial charge < -0.3 is 9.72 Å². The van der Waals surface area contributed by atoms with Crippen LogP contribution < -0.4 is 4.74 Å². The summed E-state index contributed by atoms with van der Waals surface area (Å²) in [5.41, 5.74) is 4.03. The van der Waals surface area contributed by atoms with Gasteiger partial charge >= 0.3 is 0 Å². The van der Waals surface area contributed by atoms with E-state index in [1.165, 1.54) is 0 Å². The van der Waals surface area contributed by atoms with E-state index in [1.807, 2.05) is 37.3 Å². The van der Waals surface area contributed by atoms with Crippen LogP contribution >= 0.6 is 0 Å². The Hall–Kier alpha value is -2.36. The number of nitrogens with one attached hydrogen (secondary N) is 1. The highest BCUT2D eigenvalue weighted by atomic mass is 16.5. The lowest BCUT2D eigenvalue weighted by atomic mass is 10.2. The topological polar surface area (TPSA) is 50.8 Å². The predicted octanol–water partition coefficient (Wildman–Crippen LogP) is 2.94. The third kappa shape index (κ3) is 1.62. The van der Waals surface area contributed by atoms with Gasteiger partial charge in [-0.15, -0.1) is 0 Å². The number of rotatable bonds is 2. The lowest BCUT2D eigenvalue weighted by molar-refractivity contribution is 0.399. The normalized spacial score (nSPS) is 10.8. The van der Waals surface area contributed by atoms with E-state index in [0.717, 1.165) is 28.0 Å². The van der Waals surface area contributed by atoms with Gasteiger partial charge in [-0.25, -0.2) is 9.97 Å². The summed E-state index contributed by atoms with van der Waals surface area (Å²) < 4.78 is 5.25. The molecule has 0 spiro atoms. The van der Waals surface area contributed by atoms with Gasteiger partial charge in [-0.1, -0.05) is 12.1 Å². The molecule has 0 radical (unpaired) electrons. The number of aromatic amines is 1. The second-order valence-corrected chi connectivity index (χ2v) is 4.12. The van der Waals surface area contributed by atoms with Crippen LogP contribution in [0, 0.1) is 6.92 Å². The molecule has 1 aromatic carbocycles. The van der Waals surface area contributed by atoms with Crippen LogP contribution in [0.5, 0.6) is 5.88 Å². The van der Waals surface area contributed by atoms with Crippen LogP contribution in [-0.2, 0) is 0 Å². The number of nitrogens with zero attached hydrogens (tertiary/aromatic N) is 2. The molecular formula is C14H13N3O. The zero-order valence-electron chi connectivity index (χ0n) is 10.3. The summed E-state index contributed by atoms with van der Waals surface area (Å²) in [5, 5.41) is 0. The van der Waals surface area contributed by atoms with Gasteiger partial charge in [0.15, 0.2) is 0 Å². The summed E-state index contributed by atoms with van der Waals surface area (Å²) in [6.45, 7) is 2.05. The van der Waals surface area contributed by atoms with E-state index in [0.29, 0.717) is 5.88 Å². The minimum Gasteiger partial charge on any atom is -0.480 e. The molecule has 0 amide bonds. The Morgan fingerprint density at radius 3 is 2.83 bits per heavy atom. The van der Waals surface area contributed by atoms with Crippen molar-refractivity contribution >= 4 is 11.0 Å². The highest BCUT2D eigenvalue weighted by Gasteiger charge is 2.11. The molecule has 0 aliphatic rings. The van der Waals surface area contributed by atoms with Gasteiger partial charge in [0.05, 0.1) is 23.7 Å². The van der Waals surface area contributed by atoms with E-state index < -0.39 is 0 Å². The molecule has 90 valence electrons. The maximum Gasteiger partial charge on any atom is 0.224 e. The number of benzene rings is 1. The number of ether oxygens (including phenoxy) is 1. The van der Waals surface area contributed by atoms with Gasteiger partial charge in [0, 0.05) is 6.20 Å². The van der Waals surface area contributed by atoms with Crippen molar-refractivity contribution in [3.63, 3.8) is 0 Å². The van der Waals surface area contributed by atoms with Gasteiger partial charge in [0.2, 0.25) is 5.88 Å². The average molecular weight is 239 g/mol. The molecule has 0 atom stereocenters. The summed E-state index contributed by atoms with van der Waals surface area (Å²) in [7, 11) is 1.61. The van der Waals surface area contributed by atoms with E-state index in [9.17, 15) is 0 Å². The van der Waals surface area contributed by atoms with E-state index in [4.69, 9.17) is 4.74 Å². The lowest BCUT2D eigenvalue weighted by Gasteiger charge is -2.03. The van der Waals surface area contributed by atoms with Crippen molar-refractivity contribution < 1.29 is 4.74 Å². The number of hydrogen-bond donors (Lipinski definition) is 1. The molecule has 0 bridgehead atoms. The van der Waals surface area contributed by atoms with Crippen molar-refractivity contribution in [2.75, 3.05) is 7.11 Å². The Balaban J connectivity index is 2.23. The molecule has 3 rings (SSSR count). The molecule has 0 unspecified atom stereocenters. The first-order chi connectivity index (χ1) is 8.79. The fourth-order valence-electron chi connectivity index (χ4n) is 2.04. The fraction of sp³-hybridized carbons (Fsp3) is 0.143. The minimum absolute atomic E-state index is 0.578. The first-order valence-corrected chi connectivity index (χ1v) is 5.74. The zero-order chi connectivity index (χ0) is 12.5. The summed E-state index contributed by atoms with van der Waals surface area (Å²) >= 11 is 0. The van der Waals surface area contributed by atoms with Crippen LogP contribution in [0.3, 0.4) is 0 Å². The third-order valence-electron chi connectivity index (χ3n) is 2.93. The smallest absolute Gasteiger partial charge is 0.224 e. The molecule has 0 saturated heterocycles. The first kappa shape index (κ1) is 10.8. The number of H-pyrrole nitrogens is 1. The predicted molar refractivity (Wildman–Crippen MR) is 70.6 cm³/mol. The van der Waals surface area contributed by atoms with E-state index in [1.54, 1.807) is 13.3 Å². The lowest BCUT2D eigenvalue weighted by Crippen LogP contribution is -1.91. The van der Waals surface area contributed by atoms with E-state index >= 15 is 0 Å². The van der Waals surface area contributed by atoms with Crippen molar-refractivity contribution in [2.24, 2.45) is 0 Å². The van der Waals surface area contributed by atoms with Crippen molar-refractivity contribution in [1.29, 1.82) is 0 Å². The number of imidazole rings is 1. The van der Waals surface area contributed by atoms with Crippen LogP contribution in [-0.4, -0.2) is 22.1 Å². The Kier molecular flexibility index (Phi) is 2.48. The third-order valence-corrected chi connectivity index (χ3v) is 2.93. The Labute approximate surface area is 105 Å². The van der Waals surface area contributed by atoms with Crippen LogP contribution in [0.15, 0.2) is 36.5 Å². The van der Waals surface area contributed by atoms with Gasteiger partial charge in [-0.05, 0) is 30.7 Å². The number of aromatic nitrogens is 3. The number of methoxy groups -OCH3 is 1. The van der Waals surface area contributed by atoms with Crippen molar-refractivity contribution in [3.8, 4) is 17.3 Å². The number of aryl methyl sites for hydroxylation is 1. The summed E-state index contributed by atoms with van der Waals surface area (Å²) in [4.78, 5) is 12.1. The molecule has 3 aromatic rings. The molecule has 18 heavy (non-hydrogen) atoms. The number of pyridine rings is 1. The van der Waals surface area contributed by atoms with E-state index in [2.05, 4.69) is 15.0 Å². The zero-order valence-corrected chi connectivity index (χ0v) is 10.3. The number of para-hydroxylation sites is 1. The summed E-state index contributed by atoms with van der Waals surface area (Å²) in [6, 6.07) is 9.89. The highest BCUT2D eigenvalue weighted by molar-refractivity contribution is 5.82. The quantitative estimate of drug-likeness (QED) is 0.748. The van der Waals surface area contributed by atoms with Crippen molar-refractivity contribution in [3.05, 3.63) is 42.1 Å². The number of fused-ring (bicyclic) bond motifs is 1. The molecular weight excluding hydrogens is 226 g/mol. The van der Waals surface area contributed by atoms with Gasteiger partial charge in [-0.3, -0.25) is 0 Å². The molecule has 2 heterocycles. The average Bonchev–Trinajstić information content (AvgIpc) is 2.84. The van der Waals surface area contributed by atoms with E-state index in [-0.39, 0.29) is 0 Å². The molecule has 0 fully saturated rings. The Bertz CT molecular complexity index is 703. The number of hydrogen-bond acceptors (Lipinski definition) is 3. The molecule has 2 aromatic heterocycles. The fourth-order valence-corrected chi connectivity index (χ4v) is 2.04. The van der Waals surface area contributed by atoms with Gasteiger partial charge in [0.25, 0.3) is 0 Å². The van der Waals surface area contributed by atoms with Gasteiger partial charge in [0.1, 0.15) is 5.82 Å². The minimum atomic E-state index is 0.578. The second-order valence-electron chi connectivity index (χ2n) is 4.12. The van der Waals surface area contributed by atoms with Crippen molar-refractivity contribution in [2.45, 2.75) is 6.92 Å². The SMILES string of the molecule is COc1ncccc1-c1nc2c(C)cccc2[nH]1. The maximum atomic E-state index is 5.25. The first-order valence-electron chi connectivity index (χ1n) is 5.74. The maximum absolute atomic E-state index is 5.25. The molecule has 4 nitrogen and oxygen atoms in total. The second kappa shape index (κ2) is 4.14. The molecule has 0 aliphatic heterocycles. The Morgan fingerprint density at radius 1 is 1.17 bits per heavy atom. The molecule has 0 saturated carbocycles. The standard InChI is InChI=1S/C14H13N3O/c1-9-5-3-7-11-12(9)17-13(16-11)10-6-4-8-15-14(10)18-2/h3-8H,1-2H3,(H,16,17). The van der Waals surface area contributed by atoms with Crippen LogP contribution in [0.4, 0.5) is 0 Å². The molecule has 1 N–H and O–H groups in total.